The summed E-state index contributed by atoms with van der Waals surface area (Å²) in [5.41, 5.74) is -2.30. The molecule has 3 aliphatic rings. The summed E-state index contributed by atoms with van der Waals surface area (Å²) in [5, 5.41) is 11.3. The second-order valence-corrected chi connectivity index (χ2v) is 15.2. The minimum absolute atomic E-state index is 0.0551. The predicted molar refractivity (Wildman–Crippen MR) is 176 cm³/mol. The van der Waals surface area contributed by atoms with Crippen LogP contribution < -0.4 is 0 Å². The van der Waals surface area contributed by atoms with Crippen molar-refractivity contribution in [1.29, 1.82) is 0 Å². The van der Waals surface area contributed by atoms with Crippen LogP contribution in [0.1, 0.15) is 93.9 Å². The average Bonchev–Trinajstić information content (AvgIpc) is 3.40. The number of carbonyl (C=O) groups is 2. The lowest BCUT2D eigenvalue weighted by Crippen LogP contribution is -2.59. The van der Waals surface area contributed by atoms with Gasteiger partial charge in [-0.25, -0.2) is 0 Å². The monoisotopic (exact) mass is 639 g/mol. The molecule has 0 radical (unpaired) electrons. The molecule has 3 aliphatic heterocycles. The molecule has 45 heavy (non-hydrogen) atoms. The standard InChI is InChI=1S/C35H65N3O7/c1-12-37-21-23(2)20-35(8,42-11)31(45-32-29(39)28(36(9)10)19-25(4)44-32)26(5)30(40)34(6,7)33(41)43-22-27(37)16-14-18-38-17-13-15-24(38)3/h23-29,31-32,39H,12-22H2,1-11H3/t23-,24?,25-,26+,27-,28+,29-,31-,32+,35-/m1/s1. The van der Waals surface area contributed by atoms with Crippen molar-refractivity contribution in [2.75, 3.05) is 54.0 Å². The van der Waals surface area contributed by atoms with Crippen molar-refractivity contribution in [3.8, 4) is 0 Å². The van der Waals surface area contributed by atoms with E-state index in [-0.39, 0.29) is 36.5 Å². The average molecular weight is 640 g/mol. The van der Waals surface area contributed by atoms with Crippen molar-refractivity contribution in [2.45, 2.75) is 142 Å². The number of methoxy groups -OCH3 is 1. The first-order chi connectivity index (χ1) is 21.0. The van der Waals surface area contributed by atoms with Crippen LogP contribution in [0, 0.1) is 17.3 Å². The Morgan fingerprint density at radius 1 is 1.09 bits per heavy atom. The number of Topliss-reactive ketones (excluding diaryl/α,β-unsaturated/α-hetero) is 1. The van der Waals surface area contributed by atoms with Gasteiger partial charge >= 0.3 is 5.97 Å². The lowest BCUT2D eigenvalue weighted by atomic mass is 9.74. The summed E-state index contributed by atoms with van der Waals surface area (Å²) in [7, 11) is 5.52. The van der Waals surface area contributed by atoms with Crippen LogP contribution >= 0.6 is 0 Å². The maximum Gasteiger partial charge on any atom is 0.319 e. The Morgan fingerprint density at radius 3 is 2.36 bits per heavy atom. The van der Waals surface area contributed by atoms with Crippen molar-refractivity contribution in [3.63, 3.8) is 0 Å². The molecule has 262 valence electrons. The van der Waals surface area contributed by atoms with E-state index >= 15 is 0 Å². The third-order valence-electron chi connectivity index (χ3n) is 10.9. The molecule has 0 aromatic carbocycles. The number of aliphatic hydroxyl groups excluding tert-OH is 1. The summed E-state index contributed by atoms with van der Waals surface area (Å²) >= 11 is 0. The summed E-state index contributed by atoms with van der Waals surface area (Å²) in [6, 6.07) is 0.514. The number of esters is 1. The zero-order valence-corrected chi connectivity index (χ0v) is 30.2. The van der Waals surface area contributed by atoms with Gasteiger partial charge in [-0.3, -0.25) is 14.5 Å². The molecule has 0 aromatic heterocycles. The predicted octanol–water partition coefficient (Wildman–Crippen LogP) is 3.97. The van der Waals surface area contributed by atoms with E-state index in [4.69, 9.17) is 18.9 Å². The first-order valence-corrected chi connectivity index (χ1v) is 17.5. The fraction of sp³-hybridized carbons (Fsp3) is 0.943. The summed E-state index contributed by atoms with van der Waals surface area (Å²) < 4.78 is 25.1. The third kappa shape index (κ3) is 9.27. The van der Waals surface area contributed by atoms with Gasteiger partial charge in [0.1, 0.15) is 18.1 Å². The lowest BCUT2D eigenvalue weighted by molar-refractivity contribution is -0.295. The molecular weight excluding hydrogens is 574 g/mol. The highest BCUT2D eigenvalue weighted by Crippen LogP contribution is 2.38. The number of hydrogen-bond donors (Lipinski definition) is 1. The maximum absolute atomic E-state index is 14.2. The van der Waals surface area contributed by atoms with Crippen LogP contribution in [0.3, 0.4) is 0 Å². The molecular formula is C35H65N3O7. The van der Waals surface area contributed by atoms with Gasteiger partial charge in [-0.05, 0) is 113 Å². The van der Waals surface area contributed by atoms with Crippen LogP contribution in [0.2, 0.25) is 0 Å². The maximum atomic E-state index is 14.2. The molecule has 0 amide bonds. The third-order valence-corrected chi connectivity index (χ3v) is 10.9. The Balaban J connectivity index is 1.92. The Kier molecular flexibility index (Phi) is 13.9. The summed E-state index contributed by atoms with van der Waals surface area (Å²) in [4.78, 5) is 34.8. The fourth-order valence-corrected chi connectivity index (χ4v) is 7.98. The highest BCUT2D eigenvalue weighted by atomic mass is 16.7. The van der Waals surface area contributed by atoms with E-state index < -0.39 is 41.4 Å². The van der Waals surface area contributed by atoms with Crippen molar-refractivity contribution in [3.05, 3.63) is 0 Å². The second-order valence-electron chi connectivity index (χ2n) is 15.2. The van der Waals surface area contributed by atoms with E-state index in [9.17, 15) is 14.7 Å². The number of ketones is 1. The number of likely N-dealkylation sites (tertiary alicyclic amines) is 1. The molecule has 0 aromatic rings. The minimum atomic E-state index is -1.40. The number of rotatable bonds is 9. The molecule has 3 fully saturated rings. The van der Waals surface area contributed by atoms with Gasteiger partial charge in [0.25, 0.3) is 0 Å². The molecule has 0 saturated carbocycles. The SMILES string of the molecule is CCN1C[C@H](C)C[C@@](C)(OC)[C@H](O[C@@H]2O[C@H](C)C[C@H](N(C)C)[C@H]2O)[C@@H](C)C(=O)C(C)(C)C(=O)OC[C@H]1CCCN1CCCC1C. The summed E-state index contributed by atoms with van der Waals surface area (Å²) in [6.45, 7) is 19.8. The summed E-state index contributed by atoms with van der Waals surface area (Å²) in [6.07, 6.45) is 2.93. The van der Waals surface area contributed by atoms with E-state index in [1.807, 2.05) is 32.8 Å². The van der Waals surface area contributed by atoms with E-state index in [1.54, 1.807) is 27.9 Å². The van der Waals surface area contributed by atoms with Gasteiger partial charge in [0.15, 0.2) is 12.1 Å². The smallest absolute Gasteiger partial charge is 0.319 e. The van der Waals surface area contributed by atoms with Gasteiger partial charge in [-0.1, -0.05) is 20.8 Å². The first kappa shape index (κ1) is 38.3. The molecule has 0 spiro atoms. The molecule has 1 unspecified atom stereocenters. The normalized spacial score (nSPS) is 39.7. The van der Waals surface area contributed by atoms with E-state index in [2.05, 4.69) is 30.6 Å². The lowest BCUT2D eigenvalue weighted by Gasteiger charge is -2.47. The quantitative estimate of drug-likeness (QED) is 0.295. The number of hydrogen-bond acceptors (Lipinski definition) is 10. The van der Waals surface area contributed by atoms with E-state index in [0.717, 1.165) is 39.0 Å². The van der Waals surface area contributed by atoms with Crippen LogP contribution in [0.4, 0.5) is 0 Å². The topological polar surface area (TPSA) is 101 Å². The minimum Gasteiger partial charge on any atom is -0.463 e. The van der Waals surface area contributed by atoms with Gasteiger partial charge in [-0.15, -0.1) is 0 Å². The van der Waals surface area contributed by atoms with Crippen LogP contribution in [0.5, 0.6) is 0 Å². The zero-order chi connectivity index (χ0) is 33.7. The number of likely N-dealkylation sites (N-methyl/N-ethyl adjacent to an activating group) is 2. The molecule has 10 heteroatoms. The molecule has 1 N–H and O–H groups in total. The van der Waals surface area contributed by atoms with Gasteiger partial charge in [0.05, 0.1) is 17.8 Å². The molecule has 10 nitrogen and oxygen atoms in total. The Bertz CT molecular complexity index is 964. The van der Waals surface area contributed by atoms with Crippen LogP contribution in [-0.2, 0) is 28.5 Å². The highest BCUT2D eigenvalue weighted by Gasteiger charge is 2.51. The van der Waals surface area contributed by atoms with Crippen molar-refractivity contribution >= 4 is 11.8 Å². The fourth-order valence-electron chi connectivity index (χ4n) is 7.98. The molecule has 10 atom stereocenters. The van der Waals surface area contributed by atoms with Crippen molar-refractivity contribution in [1.82, 2.24) is 14.7 Å². The number of carbonyl (C=O) groups excluding carboxylic acids is 2. The second kappa shape index (κ2) is 16.3. The van der Waals surface area contributed by atoms with Crippen LogP contribution in [-0.4, -0.2) is 134 Å². The number of nitrogens with zero attached hydrogens (tertiary/aromatic N) is 3. The Labute approximate surface area is 273 Å². The molecule has 3 saturated heterocycles. The summed E-state index contributed by atoms with van der Waals surface area (Å²) in [5.74, 6) is -1.35. The van der Waals surface area contributed by atoms with Crippen LogP contribution in [0.15, 0.2) is 0 Å². The Hall–Kier alpha value is -1.14. The number of aliphatic hydroxyl groups is 1. The first-order valence-electron chi connectivity index (χ1n) is 17.5. The Morgan fingerprint density at radius 2 is 1.78 bits per heavy atom. The van der Waals surface area contributed by atoms with E-state index in [0.29, 0.717) is 18.9 Å². The van der Waals surface area contributed by atoms with Crippen molar-refractivity contribution < 1.29 is 33.6 Å². The molecule has 0 aliphatic carbocycles. The van der Waals surface area contributed by atoms with Crippen LogP contribution in [0.25, 0.3) is 0 Å². The molecule has 0 bridgehead atoms. The van der Waals surface area contributed by atoms with Gasteiger partial charge in [0, 0.05) is 37.7 Å². The number of ether oxygens (including phenoxy) is 4. The molecule has 3 rings (SSSR count). The molecule has 3 heterocycles. The largest absolute Gasteiger partial charge is 0.463 e. The van der Waals surface area contributed by atoms with Crippen molar-refractivity contribution in [2.24, 2.45) is 17.3 Å². The number of cyclic esters (lactones) is 1. The van der Waals surface area contributed by atoms with E-state index in [1.165, 1.54) is 12.8 Å². The van der Waals surface area contributed by atoms with Gasteiger partial charge in [-0.2, -0.15) is 0 Å². The zero-order valence-electron chi connectivity index (χ0n) is 30.2. The highest BCUT2D eigenvalue weighted by molar-refractivity contribution is 6.04. The van der Waals surface area contributed by atoms with Gasteiger partial charge in [0.2, 0.25) is 0 Å². The van der Waals surface area contributed by atoms with Gasteiger partial charge < -0.3 is 33.9 Å².